The average molecular weight is 331 g/mol. The van der Waals surface area contributed by atoms with Crippen molar-refractivity contribution >= 4 is 21.7 Å². The highest BCUT2D eigenvalue weighted by molar-refractivity contribution is 9.09. The molecule has 0 unspecified atom stereocenters. The van der Waals surface area contributed by atoms with Crippen molar-refractivity contribution in [2.24, 2.45) is 0 Å². The van der Waals surface area contributed by atoms with Crippen LogP contribution >= 0.6 is 15.9 Å². The van der Waals surface area contributed by atoms with E-state index >= 15 is 0 Å². The minimum Gasteiger partial charge on any atom is -0.490 e. The van der Waals surface area contributed by atoms with E-state index in [0.29, 0.717) is 42.6 Å². The van der Waals surface area contributed by atoms with E-state index in [1.807, 2.05) is 20.8 Å². The minimum absolute atomic E-state index is 0.0232. The molecular formula is C14H19BrO4. The SMILES string of the molecule is CCOc1cc(C(=O)CBr)cc(OCC)c1OCC. The zero-order valence-corrected chi connectivity index (χ0v) is 13.1. The van der Waals surface area contributed by atoms with Crippen molar-refractivity contribution in [2.45, 2.75) is 20.8 Å². The predicted octanol–water partition coefficient (Wildman–Crippen LogP) is 3.46. The maximum absolute atomic E-state index is 11.8. The first-order chi connectivity index (χ1) is 9.17. The number of halogens is 1. The molecule has 5 heteroatoms. The van der Waals surface area contributed by atoms with Crippen LogP contribution in [-0.2, 0) is 0 Å². The first-order valence-electron chi connectivity index (χ1n) is 6.33. The third-order valence-electron chi connectivity index (χ3n) is 2.35. The van der Waals surface area contributed by atoms with Gasteiger partial charge < -0.3 is 14.2 Å². The Morgan fingerprint density at radius 2 is 1.47 bits per heavy atom. The number of alkyl halides is 1. The lowest BCUT2D eigenvalue weighted by Gasteiger charge is -2.16. The summed E-state index contributed by atoms with van der Waals surface area (Å²) in [6, 6.07) is 3.39. The van der Waals surface area contributed by atoms with Crippen LogP contribution in [0.15, 0.2) is 12.1 Å². The summed E-state index contributed by atoms with van der Waals surface area (Å²) in [6.45, 7) is 7.16. The summed E-state index contributed by atoms with van der Waals surface area (Å²) < 4.78 is 16.6. The molecule has 0 radical (unpaired) electrons. The summed E-state index contributed by atoms with van der Waals surface area (Å²) >= 11 is 3.17. The Kier molecular flexibility index (Phi) is 6.70. The van der Waals surface area contributed by atoms with Gasteiger partial charge >= 0.3 is 0 Å². The number of carbonyl (C=O) groups excluding carboxylic acids is 1. The maximum atomic E-state index is 11.8. The van der Waals surface area contributed by atoms with Crippen LogP contribution in [0.1, 0.15) is 31.1 Å². The van der Waals surface area contributed by atoms with Crippen molar-refractivity contribution in [3.8, 4) is 17.2 Å². The van der Waals surface area contributed by atoms with E-state index in [-0.39, 0.29) is 11.1 Å². The van der Waals surface area contributed by atoms with Crippen LogP contribution in [0, 0.1) is 0 Å². The molecule has 1 aromatic rings. The van der Waals surface area contributed by atoms with Gasteiger partial charge in [0.15, 0.2) is 17.3 Å². The number of Topliss-reactive ketones (excluding diaryl/α,β-unsaturated/α-hetero) is 1. The topological polar surface area (TPSA) is 44.8 Å². The number of benzene rings is 1. The summed E-state index contributed by atoms with van der Waals surface area (Å²) in [5, 5.41) is 0.262. The molecule has 0 saturated heterocycles. The zero-order valence-electron chi connectivity index (χ0n) is 11.5. The smallest absolute Gasteiger partial charge is 0.203 e. The summed E-state index contributed by atoms with van der Waals surface area (Å²) in [4.78, 5) is 11.8. The van der Waals surface area contributed by atoms with Crippen molar-refractivity contribution in [3.05, 3.63) is 17.7 Å². The molecule has 19 heavy (non-hydrogen) atoms. The van der Waals surface area contributed by atoms with Crippen LogP contribution in [-0.4, -0.2) is 30.9 Å². The first kappa shape index (κ1) is 15.8. The van der Waals surface area contributed by atoms with Crippen molar-refractivity contribution in [3.63, 3.8) is 0 Å². The van der Waals surface area contributed by atoms with Gasteiger partial charge in [-0.2, -0.15) is 0 Å². The lowest BCUT2D eigenvalue weighted by molar-refractivity contribution is 0.102. The Hall–Kier alpha value is -1.23. The number of hydrogen-bond acceptors (Lipinski definition) is 4. The molecule has 0 aliphatic heterocycles. The van der Waals surface area contributed by atoms with E-state index in [4.69, 9.17) is 14.2 Å². The average Bonchev–Trinajstić information content (AvgIpc) is 2.41. The first-order valence-corrected chi connectivity index (χ1v) is 7.45. The van der Waals surface area contributed by atoms with Crippen molar-refractivity contribution in [2.75, 3.05) is 25.2 Å². The molecule has 4 nitrogen and oxygen atoms in total. The number of ether oxygens (including phenoxy) is 3. The Balaban J connectivity index is 3.29. The van der Waals surface area contributed by atoms with Crippen LogP contribution in [0.5, 0.6) is 17.2 Å². The monoisotopic (exact) mass is 330 g/mol. The third-order valence-corrected chi connectivity index (χ3v) is 2.86. The maximum Gasteiger partial charge on any atom is 0.203 e. The van der Waals surface area contributed by atoms with Crippen LogP contribution < -0.4 is 14.2 Å². The van der Waals surface area contributed by atoms with Gasteiger partial charge in [-0.3, -0.25) is 4.79 Å². The van der Waals surface area contributed by atoms with Crippen molar-refractivity contribution < 1.29 is 19.0 Å². The molecule has 106 valence electrons. The number of hydrogen-bond donors (Lipinski definition) is 0. The zero-order chi connectivity index (χ0) is 14.3. The molecule has 0 atom stereocenters. The van der Waals surface area contributed by atoms with E-state index in [9.17, 15) is 4.79 Å². The minimum atomic E-state index is -0.0232. The summed E-state index contributed by atoms with van der Waals surface area (Å²) in [7, 11) is 0. The van der Waals surface area contributed by atoms with E-state index in [1.54, 1.807) is 12.1 Å². The van der Waals surface area contributed by atoms with Gasteiger partial charge in [0, 0.05) is 5.56 Å². The molecule has 0 aromatic heterocycles. The fourth-order valence-corrected chi connectivity index (χ4v) is 1.95. The van der Waals surface area contributed by atoms with Gasteiger partial charge in [0.05, 0.1) is 25.2 Å². The highest BCUT2D eigenvalue weighted by Gasteiger charge is 2.17. The van der Waals surface area contributed by atoms with Crippen molar-refractivity contribution in [1.29, 1.82) is 0 Å². The molecule has 1 aromatic carbocycles. The molecule has 0 saturated carbocycles. The van der Waals surface area contributed by atoms with E-state index in [1.165, 1.54) is 0 Å². The van der Waals surface area contributed by atoms with Crippen LogP contribution in [0.4, 0.5) is 0 Å². The summed E-state index contributed by atoms with van der Waals surface area (Å²) in [5.74, 6) is 1.61. The van der Waals surface area contributed by atoms with Crippen LogP contribution in [0.25, 0.3) is 0 Å². The number of ketones is 1. The Bertz CT molecular complexity index is 404. The second kappa shape index (κ2) is 8.04. The van der Waals surface area contributed by atoms with Crippen molar-refractivity contribution in [1.82, 2.24) is 0 Å². The van der Waals surface area contributed by atoms with Gasteiger partial charge in [0.2, 0.25) is 5.75 Å². The molecule has 0 amide bonds. The summed E-state index contributed by atoms with van der Waals surface area (Å²) in [6.07, 6.45) is 0. The van der Waals surface area contributed by atoms with Gasteiger partial charge in [-0.1, -0.05) is 15.9 Å². The Labute approximate surface area is 122 Å². The third kappa shape index (κ3) is 4.13. The molecule has 0 aliphatic carbocycles. The van der Waals surface area contributed by atoms with Gasteiger partial charge in [0.25, 0.3) is 0 Å². The predicted molar refractivity (Wildman–Crippen MR) is 78.1 cm³/mol. The fraction of sp³-hybridized carbons (Fsp3) is 0.500. The molecule has 0 bridgehead atoms. The van der Waals surface area contributed by atoms with E-state index < -0.39 is 0 Å². The van der Waals surface area contributed by atoms with Gasteiger partial charge in [0.1, 0.15) is 0 Å². The molecule has 0 heterocycles. The molecule has 0 aliphatic rings. The lowest BCUT2D eigenvalue weighted by atomic mass is 10.1. The van der Waals surface area contributed by atoms with Gasteiger partial charge in [-0.15, -0.1) is 0 Å². The Morgan fingerprint density at radius 1 is 1.00 bits per heavy atom. The number of carbonyl (C=O) groups is 1. The van der Waals surface area contributed by atoms with E-state index in [2.05, 4.69) is 15.9 Å². The lowest BCUT2D eigenvalue weighted by Crippen LogP contribution is -2.06. The Morgan fingerprint density at radius 3 is 1.84 bits per heavy atom. The quantitative estimate of drug-likeness (QED) is 0.541. The highest BCUT2D eigenvalue weighted by Crippen LogP contribution is 2.39. The molecular weight excluding hydrogens is 312 g/mol. The molecule has 0 N–H and O–H groups in total. The van der Waals surface area contributed by atoms with Gasteiger partial charge in [-0.25, -0.2) is 0 Å². The van der Waals surface area contributed by atoms with E-state index in [0.717, 1.165) is 0 Å². The van der Waals surface area contributed by atoms with Crippen LogP contribution in [0.2, 0.25) is 0 Å². The largest absolute Gasteiger partial charge is 0.490 e. The second-order valence-electron chi connectivity index (χ2n) is 3.66. The molecule has 1 rings (SSSR count). The second-order valence-corrected chi connectivity index (χ2v) is 4.22. The molecule has 0 spiro atoms. The standard InChI is InChI=1S/C14H19BrO4/c1-4-17-12-7-10(11(16)9-15)8-13(18-5-2)14(12)19-6-3/h7-8H,4-6,9H2,1-3H3. The summed E-state index contributed by atoms with van der Waals surface area (Å²) in [5.41, 5.74) is 0.548. The molecule has 0 fully saturated rings. The fourth-order valence-electron chi connectivity index (χ4n) is 1.63. The van der Waals surface area contributed by atoms with Crippen LogP contribution in [0.3, 0.4) is 0 Å². The number of rotatable bonds is 8. The highest BCUT2D eigenvalue weighted by atomic mass is 79.9. The normalized spacial score (nSPS) is 10.1. The van der Waals surface area contributed by atoms with Gasteiger partial charge in [-0.05, 0) is 32.9 Å².